The van der Waals surface area contributed by atoms with Gasteiger partial charge < -0.3 is 14.6 Å². The summed E-state index contributed by atoms with van der Waals surface area (Å²) in [7, 11) is 1.53. The van der Waals surface area contributed by atoms with Gasteiger partial charge in [0, 0.05) is 6.61 Å². The second kappa shape index (κ2) is 6.85. The van der Waals surface area contributed by atoms with Crippen LogP contribution < -0.4 is 9.47 Å². The highest BCUT2D eigenvalue weighted by molar-refractivity contribution is 5.81. The molecule has 0 aliphatic carbocycles. The largest absolute Gasteiger partial charge is 0.493 e. The fourth-order valence-electron chi connectivity index (χ4n) is 1.33. The highest BCUT2D eigenvalue weighted by Crippen LogP contribution is 2.29. The van der Waals surface area contributed by atoms with Crippen molar-refractivity contribution in [2.45, 2.75) is 12.8 Å². The number of methoxy groups -OCH3 is 1. The molecule has 0 saturated heterocycles. The lowest BCUT2D eigenvalue weighted by Gasteiger charge is -2.11. The molecule has 0 aliphatic heterocycles. The molecule has 0 fully saturated rings. The Morgan fingerprint density at radius 1 is 1.38 bits per heavy atom. The second-order valence-corrected chi connectivity index (χ2v) is 3.28. The zero-order valence-corrected chi connectivity index (χ0v) is 9.31. The van der Waals surface area contributed by atoms with Gasteiger partial charge in [0.05, 0.1) is 19.3 Å². The van der Waals surface area contributed by atoms with Crippen LogP contribution in [0.15, 0.2) is 18.2 Å². The standard InChI is InChI=1S/C12H16O4/c1-15-11-6-4-5-10(9-14)12(11)16-8-3-2-7-13/h4-6,9,13H,2-3,7-8H2,1H3. The van der Waals surface area contributed by atoms with E-state index in [4.69, 9.17) is 14.6 Å². The summed E-state index contributed by atoms with van der Waals surface area (Å²) < 4.78 is 10.6. The smallest absolute Gasteiger partial charge is 0.171 e. The van der Waals surface area contributed by atoms with E-state index in [1.807, 2.05) is 0 Å². The minimum Gasteiger partial charge on any atom is -0.493 e. The second-order valence-electron chi connectivity index (χ2n) is 3.28. The molecule has 0 bridgehead atoms. The Hall–Kier alpha value is -1.55. The number of carbonyl (C=O) groups excluding carboxylic acids is 1. The number of para-hydroxylation sites is 1. The summed E-state index contributed by atoms with van der Waals surface area (Å²) in [6, 6.07) is 5.16. The van der Waals surface area contributed by atoms with Gasteiger partial charge in [-0.1, -0.05) is 6.07 Å². The van der Waals surface area contributed by atoms with Gasteiger partial charge in [-0.25, -0.2) is 0 Å². The van der Waals surface area contributed by atoms with E-state index >= 15 is 0 Å². The number of unbranched alkanes of at least 4 members (excludes halogenated alkanes) is 1. The van der Waals surface area contributed by atoms with Crippen molar-refractivity contribution in [2.24, 2.45) is 0 Å². The lowest BCUT2D eigenvalue weighted by Crippen LogP contribution is -2.02. The molecule has 0 heterocycles. The minimum absolute atomic E-state index is 0.149. The van der Waals surface area contributed by atoms with Crippen molar-refractivity contribution < 1.29 is 19.4 Å². The maximum absolute atomic E-state index is 10.8. The number of aliphatic hydroxyl groups excluding tert-OH is 1. The van der Waals surface area contributed by atoms with Crippen LogP contribution in [-0.4, -0.2) is 31.7 Å². The molecule has 1 N–H and O–H groups in total. The summed E-state index contributed by atoms with van der Waals surface area (Å²) in [6.45, 7) is 0.609. The lowest BCUT2D eigenvalue weighted by molar-refractivity contribution is 0.111. The van der Waals surface area contributed by atoms with Crippen LogP contribution in [0, 0.1) is 0 Å². The number of ether oxygens (including phenoxy) is 2. The van der Waals surface area contributed by atoms with Crippen LogP contribution >= 0.6 is 0 Å². The first-order valence-corrected chi connectivity index (χ1v) is 5.19. The Balaban J connectivity index is 2.71. The van der Waals surface area contributed by atoms with E-state index in [0.29, 0.717) is 30.1 Å². The van der Waals surface area contributed by atoms with Crippen molar-refractivity contribution in [1.29, 1.82) is 0 Å². The fraction of sp³-hybridized carbons (Fsp3) is 0.417. The average molecular weight is 224 g/mol. The van der Waals surface area contributed by atoms with Gasteiger partial charge in [0.2, 0.25) is 0 Å². The minimum atomic E-state index is 0.149. The van der Waals surface area contributed by atoms with E-state index in [1.54, 1.807) is 18.2 Å². The van der Waals surface area contributed by atoms with Crippen molar-refractivity contribution in [3.63, 3.8) is 0 Å². The third kappa shape index (κ3) is 3.24. The van der Waals surface area contributed by atoms with Crippen molar-refractivity contribution in [3.8, 4) is 11.5 Å². The molecule has 0 amide bonds. The average Bonchev–Trinajstić information content (AvgIpc) is 2.34. The number of hydrogen-bond acceptors (Lipinski definition) is 4. The number of benzene rings is 1. The van der Waals surface area contributed by atoms with E-state index in [9.17, 15) is 4.79 Å². The number of hydrogen-bond donors (Lipinski definition) is 1. The molecule has 0 unspecified atom stereocenters. The molecule has 0 spiro atoms. The van der Waals surface area contributed by atoms with Crippen LogP contribution in [0.1, 0.15) is 23.2 Å². The first-order valence-electron chi connectivity index (χ1n) is 5.19. The summed E-state index contributed by atoms with van der Waals surface area (Å²) in [5.74, 6) is 1.02. The molecule has 0 aliphatic rings. The summed E-state index contributed by atoms with van der Waals surface area (Å²) in [4.78, 5) is 10.8. The van der Waals surface area contributed by atoms with Gasteiger partial charge in [-0.2, -0.15) is 0 Å². The third-order valence-corrected chi connectivity index (χ3v) is 2.16. The van der Waals surface area contributed by atoms with Crippen LogP contribution in [0.3, 0.4) is 0 Å². The summed E-state index contributed by atoms with van der Waals surface area (Å²) in [6.07, 6.45) is 2.17. The van der Waals surface area contributed by atoms with Crippen molar-refractivity contribution >= 4 is 6.29 Å². The Bertz CT molecular complexity index is 336. The Kier molecular flexibility index (Phi) is 5.36. The predicted molar refractivity (Wildman–Crippen MR) is 60.2 cm³/mol. The zero-order valence-electron chi connectivity index (χ0n) is 9.31. The lowest BCUT2D eigenvalue weighted by atomic mass is 10.2. The molecular formula is C12H16O4. The Labute approximate surface area is 94.8 Å². The topological polar surface area (TPSA) is 55.8 Å². The number of aldehydes is 1. The van der Waals surface area contributed by atoms with Crippen molar-refractivity contribution in [1.82, 2.24) is 0 Å². The normalized spacial score (nSPS) is 9.88. The molecule has 1 rings (SSSR count). The summed E-state index contributed by atoms with van der Waals surface area (Å²) >= 11 is 0. The Morgan fingerprint density at radius 2 is 2.19 bits per heavy atom. The Morgan fingerprint density at radius 3 is 2.81 bits per heavy atom. The molecule has 1 aromatic carbocycles. The van der Waals surface area contributed by atoms with E-state index in [0.717, 1.165) is 12.7 Å². The molecule has 0 saturated carbocycles. The van der Waals surface area contributed by atoms with Gasteiger partial charge in [0.15, 0.2) is 17.8 Å². The van der Waals surface area contributed by atoms with Gasteiger partial charge in [-0.3, -0.25) is 4.79 Å². The van der Waals surface area contributed by atoms with Gasteiger partial charge in [0.1, 0.15) is 0 Å². The molecule has 4 heteroatoms. The van der Waals surface area contributed by atoms with Crippen molar-refractivity contribution in [3.05, 3.63) is 23.8 Å². The van der Waals surface area contributed by atoms with Crippen LogP contribution in [0.25, 0.3) is 0 Å². The third-order valence-electron chi connectivity index (χ3n) is 2.16. The van der Waals surface area contributed by atoms with E-state index < -0.39 is 0 Å². The molecule has 0 aromatic heterocycles. The summed E-state index contributed by atoms with van der Waals surface area (Å²) in [5, 5.41) is 8.63. The van der Waals surface area contributed by atoms with Gasteiger partial charge in [-0.15, -0.1) is 0 Å². The van der Waals surface area contributed by atoms with Gasteiger partial charge in [0.25, 0.3) is 0 Å². The van der Waals surface area contributed by atoms with E-state index in [-0.39, 0.29) is 6.61 Å². The van der Waals surface area contributed by atoms with Gasteiger partial charge in [-0.05, 0) is 25.0 Å². The number of carbonyl (C=O) groups is 1. The highest BCUT2D eigenvalue weighted by atomic mass is 16.5. The fourth-order valence-corrected chi connectivity index (χ4v) is 1.33. The maximum atomic E-state index is 10.8. The molecule has 16 heavy (non-hydrogen) atoms. The SMILES string of the molecule is COc1cccc(C=O)c1OCCCCO. The van der Waals surface area contributed by atoms with Crippen LogP contribution in [0.5, 0.6) is 11.5 Å². The van der Waals surface area contributed by atoms with E-state index in [1.165, 1.54) is 7.11 Å². The van der Waals surface area contributed by atoms with Crippen LogP contribution in [-0.2, 0) is 0 Å². The number of rotatable bonds is 7. The van der Waals surface area contributed by atoms with Crippen molar-refractivity contribution in [2.75, 3.05) is 20.3 Å². The highest BCUT2D eigenvalue weighted by Gasteiger charge is 2.09. The summed E-state index contributed by atoms with van der Waals surface area (Å²) in [5.41, 5.74) is 0.475. The number of aliphatic hydroxyl groups is 1. The van der Waals surface area contributed by atoms with Gasteiger partial charge >= 0.3 is 0 Å². The molecule has 4 nitrogen and oxygen atoms in total. The zero-order chi connectivity index (χ0) is 11.8. The first-order chi connectivity index (χ1) is 7.83. The molecule has 0 radical (unpaired) electrons. The quantitative estimate of drug-likeness (QED) is 0.565. The first kappa shape index (κ1) is 12.5. The maximum Gasteiger partial charge on any atom is 0.171 e. The molecular weight excluding hydrogens is 208 g/mol. The predicted octanol–water partition coefficient (Wildman–Crippen LogP) is 1.66. The molecule has 0 atom stereocenters. The monoisotopic (exact) mass is 224 g/mol. The van der Waals surface area contributed by atoms with Crippen LogP contribution in [0.4, 0.5) is 0 Å². The van der Waals surface area contributed by atoms with E-state index in [2.05, 4.69) is 0 Å². The van der Waals surface area contributed by atoms with Crippen LogP contribution in [0.2, 0.25) is 0 Å². The molecule has 1 aromatic rings. The molecule has 88 valence electrons.